The van der Waals surface area contributed by atoms with Gasteiger partial charge in [-0.3, -0.25) is 14.4 Å². The highest BCUT2D eigenvalue weighted by Crippen LogP contribution is 2.50. The first-order valence-electron chi connectivity index (χ1n) is 9.78. The Morgan fingerprint density at radius 3 is 2.52 bits per heavy atom. The number of nitrogens with two attached hydrogens (primary N) is 1. The second kappa shape index (κ2) is 6.71. The Balaban J connectivity index is 1.65. The molecular weight excluding hydrogens is 386 g/mol. The highest BCUT2D eigenvalue weighted by molar-refractivity contribution is 7.98. The van der Waals surface area contributed by atoms with Crippen molar-refractivity contribution in [3.8, 4) is 0 Å². The molecule has 0 aromatic heterocycles. The van der Waals surface area contributed by atoms with Crippen molar-refractivity contribution >= 4 is 40.9 Å². The SMILES string of the molecule is CSCC[C@H]1[NH2+][C@]2(C(=O)Nc3ccccc32)[C@H]2C(=O)N(c3ccccc3)C(=O)[C@H]12. The molecule has 7 heteroatoms. The van der Waals surface area contributed by atoms with Crippen molar-refractivity contribution in [3.63, 3.8) is 0 Å². The number of fused-ring (bicyclic) bond motifs is 4. The molecule has 2 aromatic carbocycles. The van der Waals surface area contributed by atoms with E-state index in [9.17, 15) is 14.4 Å². The number of para-hydroxylation sites is 2. The van der Waals surface area contributed by atoms with Crippen molar-refractivity contribution in [1.82, 2.24) is 0 Å². The maximum atomic E-state index is 13.6. The zero-order chi connectivity index (χ0) is 20.2. The summed E-state index contributed by atoms with van der Waals surface area (Å²) in [6.07, 6.45) is 2.79. The molecule has 5 rings (SSSR count). The van der Waals surface area contributed by atoms with Crippen LogP contribution in [0.3, 0.4) is 0 Å². The number of hydrogen-bond acceptors (Lipinski definition) is 4. The Hall–Kier alpha value is -2.64. The van der Waals surface area contributed by atoms with Crippen LogP contribution in [0.2, 0.25) is 0 Å². The Morgan fingerprint density at radius 1 is 1.03 bits per heavy atom. The summed E-state index contributed by atoms with van der Waals surface area (Å²) < 4.78 is 0. The molecule has 3 aliphatic rings. The largest absolute Gasteiger partial charge is 0.326 e. The number of nitrogens with one attached hydrogen (secondary N) is 1. The monoisotopic (exact) mass is 408 g/mol. The van der Waals surface area contributed by atoms with Gasteiger partial charge in [-0.25, -0.2) is 4.90 Å². The Morgan fingerprint density at radius 2 is 1.76 bits per heavy atom. The van der Waals surface area contributed by atoms with E-state index in [0.29, 0.717) is 5.69 Å². The van der Waals surface area contributed by atoms with Crippen LogP contribution in [0.5, 0.6) is 0 Å². The summed E-state index contributed by atoms with van der Waals surface area (Å²) >= 11 is 1.71. The zero-order valence-corrected chi connectivity index (χ0v) is 16.8. The van der Waals surface area contributed by atoms with Crippen molar-refractivity contribution in [2.45, 2.75) is 18.0 Å². The summed E-state index contributed by atoms with van der Waals surface area (Å²) in [6.45, 7) is 0. The van der Waals surface area contributed by atoms with Gasteiger partial charge in [-0.05, 0) is 30.2 Å². The number of carbonyl (C=O) groups excluding carboxylic acids is 3. The minimum absolute atomic E-state index is 0.116. The van der Waals surface area contributed by atoms with Crippen LogP contribution < -0.4 is 15.5 Å². The van der Waals surface area contributed by atoms with Gasteiger partial charge >= 0.3 is 0 Å². The Labute approximate surface area is 173 Å². The molecule has 0 aliphatic carbocycles. The van der Waals surface area contributed by atoms with Crippen molar-refractivity contribution < 1.29 is 19.7 Å². The maximum Gasteiger partial charge on any atom is 0.291 e. The lowest BCUT2D eigenvalue weighted by molar-refractivity contribution is -0.733. The third kappa shape index (κ3) is 2.44. The van der Waals surface area contributed by atoms with E-state index in [1.807, 2.05) is 54.0 Å². The van der Waals surface area contributed by atoms with Gasteiger partial charge in [-0.2, -0.15) is 11.8 Å². The van der Waals surface area contributed by atoms with Gasteiger partial charge in [0.15, 0.2) is 0 Å². The summed E-state index contributed by atoms with van der Waals surface area (Å²) in [5.74, 6) is -1.01. The standard InChI is InChI=1S/C22H21N3O3S/c1-29-12-11-16-17-18(20(27)25(19(17)26)13-7-3-2-4-8-13)22(24-16)14-9-5-6-10-15(14)23-21(22)28/h2-10,16-18,24H,11-12H2,1H3,(H,23,28)/p+1/t16-,17-,18-,22+/m1/s1. The highest BCUT2D eigenvalue weighted by Gasteiger charge is 2.74. The molecule has 148 valence electrons. The molecule has 0 saturated carbocycles. The number of hydrogen-bond donors (Lipinski definition) is 2. The molecule has 3 N–H and O–H groups in total. The van der Waals surface area contributed by atoms with E-state index in [2.05, 4.69) is 5.32 Å². The second-order valence-electron chi connectivity index (χ2n) is 7.83. The van der Waals surface area contributed by atoms with Crippen LogP contribution in [-0.2, 0) is 19.9 Å². The summed E-state index contributed by atoms with van der Waals surface area (Å²) in [5, 5.41) is 4.95. The van der Waals surface area contributed by atoms with Crippen LogP contribution >= 0.6 is 11.8 Å². The molecule has 3 heterocycles. The van der Waals surface area contributed by atoms with Crippen LogP contribution in [-0.4, -0.2) is 35.8 Å². The van der Waals surface area contributed by atoms with Gasteiger partial charge in [-0.1, -0.05) is 36.4 Å². The van der Waals surface area contributed by atoms with Gasteiger partial charge < -0.3 is 10.6 Å². The lowest BCUT2D eigenvalue weighted by Crippen LogP contribution is -2.99. The number of rotatable bonds is 4. The molecule has 6 nitrogen and oxygen atoms in total. The number of anilines is 2. The molecule has 0 bridgehead atoms. The van der Waals surface area contributed by atoms with Crippen LogP contribution in [0.15, 0.2) is 54.6 Å². The van der Waals surface area contributed by atoms with Crippen LogP contribution in [0.25, 0.3) is 0 Å². The van der Waals surface area contributed by atoms with Crippen LogP contribution in [0, 0.1) is 11.8 Å². The molecule has 0 radical (unpaired) electrons. The summed E-state index contributed by atoms with van der Waals surface area (Å²) in [4.78, 5) is 41.7. The van der Waals surface area contributed by atoms with E-state index in [1.165, 1.54) is 4.90 Å². The fourth-order valence-corrected chi connectivity index (χ4v) is 5.78. The minimum atomic E-state index is -1.08. The van der Waals surface area contributed by atoms with Crippen molar-refractivity contribution in [2.24, 2.45) is 11.8 Å². The van der Waals surface area contributed by atoms with E-state index in [0.717, 1.165) is 23.4 Å². The quantitative estimate of drug-likeness (QED) is 0.748. The predicted octanol–water partition coefficient (Wildman–Crippen LogP) is 1.34. The smallest absolute Gasteiger partial charge is 0.291 e. The van der Waals surface area contributed by atoms with E-state index in [4.69, 9.17) is 0 Å². The third-order valence-corrected chi connectivity index (χ3v) is 7.09. The number of benzene rings is 2. The molecule has 2 aromatic rings. The first kappa shape index (κ1) is 18.4. The lowest BCUT2D eigenvalue weighted by atomic mass is 9.76. The third-order valence-electron chi connectivity index (χ3n) is 6.45. The number of imide groups is 1. The molecule has 3 aliphatic heterocycles. The maximum absolute atomic E-state index is 13.6. The predicted molar refractivity (Wildman–Crippen MR) is 111 cm³/mol. The molecule has 2 saturated heterocycles. The highest BCUT2D eigenvalue weighted by atomic mass is 32.2. The average Bonchev–Trinajstić information content (AvgIpc) is 3.32. The molecular formula is C22H22N3O3S+. The van der Waals surface area contributed by atoms with Gasteiger partial charge in [0.2, 0.25) is 17.4 Å². The number of quaternary nitrogens is 1. The molecule has 4 atom stereocenters. The first-order chi connectivity index (χ1) is 14.1. The Bertz CT molecular complexity index is 1010. The van der Waals surface area contributed by atoms with Gasteiger partial charge in [-0.15, -0.1) is 0 Å². The summed E-state index contributed by atoms with van der Waals surface area (Å²) in [7, 11) is 0. The summed E-state index contributed by atoms with van der Waals surface area (Å²) in [6, 6.07) is 16.4. The Kier molecular flexibility index (Phi) is 4.26. The fourth-order valence-electron chi connectivity index (χ4n) is 5.27. The van der Waals surface area contributed by atoms with E-state index in [-0.39, 0.29) is 23.8 Å². The van der Waals surface area contributed by atoms with Crippen molar-refractivity contribution in [1.29, 1.82) is 0 Å². The minimum Gasteiger partial charge on any atom is -0.326 e. The molecule has 2 fully saturated rings. The zero-order valence-electron chi connectivity index (χ0n) is 16.0. The van der Waals surface area contributed by atoms with Gasteiger partial charge in [0.05, 0.1) is 11.4 Å². The molecule has 29 heavy (non-hydrogen) atoms. The molecule has 0 unspecified atom stereocenters. The van der Waals surface area contributed by atoms with Gasteiger partial charge in [0.1, 0.15) is 17.9 Å². The van der Waals surface area contributed by atoms with E-state index < -0.39 is 17.4 Å². The van der Waals surface area contributed by atoms with E-state index in [1.54, 1.807) is 23.9 Å². The lowest BCUT2D eigenvalue weighted by Gasteiger charge is -2.26. The number of nitrogens with zero attached hydrogens (tertiary/aromatic N) is 1. The van der Waals surface area contributed by atoms with Gasteiger partial charge in [0, 0.05) is 12.0 Å². The average molecular weight is 409 g/mol. The van der Waals surface area contributed by atoms with Crippen LogP contribution in [0.4, 0.5) is 11.4 Å². The second-order valence-corrected chi connectivity index (χ2v) is 8.82. The van der Waals surface area contributed by atoms with Crippen LogP contribution in [0.1, 0.15) is 12.0 Å². The summed E-state index contributed by atoms with van der Waals surface area (Å²) in [5.41, 5.74) is 1.03. The molecule has 3 amide bonds. The number of amides is 3. The number of carbonyl (C=O) groups is 3. The van der Waals surface area contributed by atoms with Crippen molar-refractivity contribution in [2.75, 3.05) is 22.2 Å². The first-order valence-corrected chi connectivity index (χ1v) is 11.2. The topological polar surface area (TPSA) is 83.1 Å². The van der Waals surface area contributed by atoms with Gasteiger partial charge in [0.25, 0.3) is 5.91 Å². The van der Waals surface area contributed by atoms with E-state index >= 15 is 0 Å². The normalized spacial score (nSPS) is 30.0. The fraction of sp³-hybridized carbons (Fsp3) is 0.318. The molecule has 1 spiro atoms. The van der Waals surface area contributed by atoms with Crippen molar-refractivity contribution in [3.05, 3.63) is 60.2 Å². The number of thioether (sulfide) groups is 1.